The van der Waals surface area contributed by atoms with Gasteiger partial charge in [0.05, 0.1) is 62.5 Å². The van der Waals surface area contributed by atoms with Gasteiger partial charge in [0.1, 0.15) is 23.5 Å². The molecule has 3 aromatic heterocycles. The van der Waals surface area contributed by atoms with Crippen LogP contribution in [0.25, 0.3) is 67.2 Å². The zero-order valence-electron chi connectivity index (χ0n) is 72.6. The van der Waals surface area contributed by atoms with E-state index in [-0.39, 0.29) is 30.3 Å². The maximum absolute atomic E-state index is 13.9. The first-order valence-corrected chi connectivity index (χ1v) is 44.5. The fourth-order valence-electron chi connectivity index (χ4n) is 22.0. The molecule has 6 fully saturated rings. The number of carbonyl (C=O) groups excluding carboxylic acids is 4. The van der Waals surface area contributed by atoms with E-state index in [4.69, 9.17) is 24.8 Å². The molecular weight excluding hydrogens is 1550 g/mol. The van der Waals surface area contributed by atoms with Crippen molar-refractivity contribution in [1.82, 2.24) is 45.4 Å². The maximum atomic E-state index is 13.9. The van der Waals surface area contributed by atoms with Crippen LogP contribution in [-0.2, 0) is 28.6 Å². The van der Waals surface area contributed by atoms with Crippen molar-refractivity contribution in [3.63, 3.8) is 0 Å². The fourth-order valence-corrected chi connectivity index (χ4v) is 22.0. The topological polar surface area (TPSA) is 247 Å². The number of alkyl carbamates (subject to hydrolysis) is 2. The minimum atomic E-state index is -1.13. The lowest BCUT2D eigenvalue weighted by Crippen LogP contribution is -2.43. The number of carboxylic acids is 1. The highest BCUT2D eigenvalue weighted by atomic mass is 35.5. The van der Waals surface area contributed by atoms with E-state index in [2.05, 4.69) is 186 Å². The van der Waals surface area contributed by atoms with Crippen LogP contribution >= 0.6 is 12.4 Å². The number of fused-ring (bicyclic) bond motifs is 15. The lowest BCUT2D eigenvalue weighted by molar-refractivity contribution is -0.141. The van der Waals surface area contributed by atoms with Gasteiger partial charge in [-0.3, -0.25) is 9.59 Å². The van der Waals surface area contributed by atoms with Gasteiger partial charge in [0, 0.05) is 25.3 Å². The Balaban J connectivity index is 0.000000130. The van der Waals surface area contributed by atoms with E-state index in [0.717, 1.165) is 76.3 Å². The van der Waals surface area contributed by atoms with Gasteiger partial charge in [0.2, 0.25) is 0 Å². The van der Waals surface area contributed by atoms with Gasteiger partial charge in [-0.15, -0.1) is 12.4 Å². The summed E-state index contributed by atoms with van der Waals surface area (Å²) in [4.78, 5) is 84.5. The molecule has 18 nitrogen and oxygen atoms in total. The first-order valence-electron chi connectivity index (χ1n) is 44.5. The predicted molar refractivity (Wildman–Crippen MR) is 487 cm³/mol. The number of likely N-dealkylation sites (tertiary alicyclic amines) is 1. The normalized spacial score (nSPS) is 22.7. The molecular formula is C104H118ClN9O9. The third-order valence-electron chi connectivity index (χ3n) is 27.8. The molecule has 14 atom stereocenters. The van der Waals surface area contributed by atoms with E-state index in [1.165, 1.54) is 190 Å². The highest BCUT2D eigenvalue weighted by molar-refractivity contribution is 5.88. The third-order valence-corrected chi connectivity index (χ3v) is 27.8. The maximum Gasteiger partial charge on any atom is 0.407 e. The van der Waals surface area contributed by atoms with Gasteiger partial charge in [-0.2, -0.15) is 0 Å². The summed E-state index contributed by atoms with van der Waals surface area (Å²) in [7, 11) is 2.48. The SMILES string of the molecule is CCOC(C)=O.COC(=O)N[C@@H](C(=O)N1C[C@@H](C)C[C@H]1c1ncc(-c2ccc(-c3ccc(C)c4c3C3CCC4C3)cc2)[nH]1)c1ccccc1.COC(=O)N[C@@H](C(=O)O)c1ccccc1.Cc1ccc(-c2ccc(-c3cnc([C@H]4CC[C@@H](C)C4)[nH]3)cc2)c2c1C1CCC2C1.Cc1ccc(-c2ccc(-c3cnc([C@H]4CC[C@@H](C)C4)[nH]3)cc2)c2c1C1CCC2C1.Cl. The van der Waals surface area contributed by atoms with Crippen LogP contribution in [0.2, 0.25) is 0 Å². The summed E-state index contributed by atoms with van der Waals surface area (Å²) in [5, 5.41) is 13.9. The van der Waals surface area contributed by atoms with Crippen LogP contribution < -0.4 is 10.6 Å². The first-order chi connectivity index (χ1) is 59.2. The molecule has 4 heterocycles. The number of ether oxygens (including phenoxy) is 3. The Morgan fingerprint density at radius 3 is 1.08 bits per heavy atom. The average molecular weight is 1670 g/mol. The van der Waals surface area contributed by atoms with Crippen molar-refractivity contribution in [2.75, 3.05) is 27.4 Å². The van der Waals surface area contributed by atoms with Gasteiger partial charge in [0.15, 0.2) is 6.04 Å². The second kappa shape index (κ2) is 38.2. The summed E-state index contributed by atoms with van der Waals surface area (Å²) >= 11 is 0. The lowest BCUT2D eigenvalue weighted by Gasteiger charge is -2.28. The Kier molecular flexibility index (Phi) is 26.9. The number of hydrogen-bond donors (Lipinski definition) is 6. The van der Waals surface area contributed by atoms with Crippen LogP contribution in [-0.4, -0.2) is 97.3 Å². The molecule has 5 saturated carbocycles. The van der Waals surface area contributed by atoms with Gasteiger partial charge in [-0.25, -0.2) is 29.3 Å². The van der Waals surface area contributed by atoms with Gasteiger partial charge in [-0.05, 0) is 295 Å². The summed E-state index contributed by atoms with van der Waals surface area (Å²) in [5.74, 6) is 9.44. The van der Waals surface area contributed by atoms with E-state index in [1.54, 1.807) is 70.6 Å². The van der Waals surface area contributed by atoms with Crippen LogP contribution in [0.3, 0.4) is 0 Å². The number of benzene rings is 8. The highest BCUT2D eigenvalue weighted by Gasteiger charge is 2.44. The molecule has 20 rings (SSSR count). The van der Waals surface area contributed by atoms with Crippen LogP contribution in [0.1, 0.15) is 281 Å². The molecule has 8 aliphatic carbocycles. The van der Waals surface area contributed by atoms with Gasteiger partial charge >= 0.3 is 24.1 Å². The number of rotatable bonds is 16. The van der Waals surface area contributed by atoms with Crippen LogP contribution in [0.5, 0.6) is 0 Å². The average Bonchev–Trinajstić information content (AvgIpc) is 1.60. The molecule has 8 aromatic carbocycles. The van der Waals surface area contributed by atoms with E-state index < -0.39 is 30.2 Å². The predicted octanol–water partition coefficient (Wildman–Crippen LogP) is 24.2. The number of esters is 1. The Labute approximate surface area is 729 Å². The van der Waals surface area contributed by atoms with E-state index >= 15 is 0 Å². The number of nitrogens with zero attached hydrogens (tertiary/aromatic N) is 4. The van der Waals surface area contributed by atoms with Crippen LogP contribution in [0.15, 0.2) is 188 Å². The molecule has 0 spiro atoms. The quantitative estimate of drug-likeness (QED) is 0.0391. The van der Waals surface area contributed by atoms with Gasteiger partial charge < -0.3 is 49.8 Å². The van der Waals surface area contributed by atoms with Gasteiger partial charge in [-0.1, -0.05) is 191 Å². The number of nitrogens with one attached hydrogen (secondary N) is 5. The molecule has 6 bridgehead atoms. The molecule has 6 N–H and O–H groups in total. The second-order valence-corrected chi connectivity index (χ2v) is 36.0. The second-order valence-electron chi connectivity index (χ2n) is 36.0. The van der Waals surface area contributed by atoms with Crippen molar-refractivity contribution in [2.24, 2.45) is 17.8 Å². The molecule has 1 aliphatic heterocycles. The number of H-pyrrole nitrogens is 3. The molecule has 19 heteroatoms. The summed E-state index contributed by atoms with van der Waals surface area (Å²) in [6, 6.07) is 56.6. The Bertz CT molecular complexity index is 5390. The van der Waals surface area contributed by atoms with Crippen molar-refractivity contribution >= 4 is 42.4 Å². The molecule has 0 radical (unpaired) electrons. The van der Waals surface area contributed by atoms with Crippen LogP contribution in [0.4, 0.5) is 9.59 Å². The summed E-state index contributed by atoms with van der Waals surface area (Å²) in [6.07, 6.45) is 25.3. The zero-order valence-corrected chi connectivity index (χ0v) is 73.4. The number of amides is 3. The number of aromatic amines is 3. The Morgan fingerprint density at radius 2 is 0.748 bits per heavy atom. The molecule has 9 aliphatic rings. The molecule has 3 amide bonds. The summed E-state index contributed by atoms with van der Waals surface area (Å²) in [6.45, 7) is 18.0. The zero-order chi connectivity index (χ0) is 85.0. The number of hydrogen-bond acceptors (Lipinski definition) is 11. The molecule has 640 valence electrons. The smallest absolute Gasteiger partial charge is 0.407 e. The van der Waals surface area contributed by atoms with E-state index in [1.807, 2.05) is 53.8 Å². The van der Waals surface area contributed by atoms with Crippen molar-refractivity contribution in [3.05, 3.63) is 267 Å². The number of aromatic nitrogens is 6. The standard InChI is InChI=1S/C36H38N4O3.2C27H30N2.C10H11NO4.C4H8O2.ClH/c1-21-17-30(40(20-21)35(41)33(39-36(42)43-3)25-7-5-4-6-8-25)34-37-19-29(38-34)24-12-10-23(11-13-24)28-16-9-22(2)31-26-14-15-27(18-26)32(28)31;2*1-16-3-5-22(13-16)27-28-15-24(29-27)19-8-6-18(7-9-19)23-12-4-17(2)25-20-10-11-21(14-20)26(23)25;1-15-10(14)11-8(9(12)13)7-5-3-2-4-6-7;1-3-6-4(2)5;/h4-13,16,19,21,26-27,30,33H,14-15,17-18,20H2,1-3H3,(H,37,38)(H,39,42);2*4,6-9,12,15-16,20-22H,3,5,10-11,13-14H2,1-2H3,(H,28,29);2-6,8H,1H3,(H,11,14)(H,12,13);3H2,1-2H3;1H/t21-,26?,27?,30-,33+;2*16-,20?,21?,22+;8-;;/m0111../s1. The minimum absolute atomic E-state index is 0. The van der Waals surface area contributed by atoms with Crippen molar-refractivity contribution in [3.8, 4) is 67.2 Å². The molecule has 6 unspecified atom stereocenters. The lowest BCUT2D eigenvalue weighted by atomic mass is 9.83. The molecule has 123 heavy (non-hydrogen) atoms. The Hall–Kier alpha value is -11.4. The third kappa shape index (κ3) is 18.6. The highest BCUT2D eigenvalue weighted by Crippen LogP contribution is 2.60. The number of aryl methyl sites for hydroxylation is 3. The number of carboxylic acid groups (broad SMARTS) is 1. The van der Waals surface area contributed by atoms with Crippen molar-refractivity contribution in [2.45, 2.75) is 224 Å². The number of methoxy groups -OCH3 is 2. The van der Waals surface area contributed by atoms with E-state index in [9.17, 15) is 24.0 Å². The summed E-state index contributed by atoms with van der Waals surface area (Å²) < 4.78 is 13.6. The number of carbonyl (C=O) groups is 5. The fraction of sp³-hybridized carbons (Fsp3) is 0.404. The molecule has 11 aromatic rings. The van der Waals surface area contributed by atoms with E-state index in [0.29, 0.717) is 48.0 Å². The summed E-state index contributed by atoms with van der Waals surface area (Å²) in [5.41, 5.74) is 30.6. The number of aliphatic carboxylic acids is 1. The first kappa shape index (κ1) is 86.6. The van der Waals surface area contributed by atoms with Crippen molar-refractivity contribution in [1.29, 1.82) is 0 Å². The monoisotopic (exact) mass is 1670 g/mol. The Morgan fingerprint density at radius 1 is 0.415 bits per heavy atom. The number of halogens is 1. The van der Waals surface area contributed by atoms with Gasteiger partial charge in [0.25, 0.3) is 5.91 Å². The number of imidazole rings is 3. The van der Waals surface area contributed by atoms with Crippen molar-refractivity contribution < 1.29 is 43.3 Å². The van der Waals surface area contributed by atoms with Crippen LogP contribution in [0, 0.1) is 38.5 Å². The largest absolute Gasteiger partial charge is 0.479 e. The minimum Gasteiger partial charge on any atom is -0.479 e. The molecule has 1 saturated heterocycles.